The van der Waals surface area contributed by atoms with Crippen LogP contribution in [0.5, 0.6) is 0 Å². The number of oxime groups is 1. The molecule has 23 heavy (non-hydrogen) atoms. The Kier molecular flexibility index (Phi) is 4.97. The number of rotatable bonds is 3. The minimum atomic E-state index is 0.320. The smallest absolute Gasteiger partial charge is 0.118 e. The van der Waals surface area contributed by atoms with E-state index >= 15 is 0 Å². The molecule has 5 heteroatoms. The number of thioether (sulfide) groups is 1. The lowest BCUT2D eigenvalue weighted by molar-refractivity contribution is 0.306. The minimum absolute atomic E-state index is 0.320. The van der Waals surface area contributed by atoms with Gasteiger partial charge in [-0.05, 0) is 55.6 Å². The second kappa shape index (κ2) is 6.97. The normalized spacial score (nSPS) is 25.2. The quantitative estimate of drug-likeness (QED) is 0.485. The summed E-state index contributed by atoms with van der Waals surface area (Å²) in [7, 11) is 1.69. The summed E-state index contributed by atoms with van der Waals surface area (Å²) >= 11 is 3.55. The number of methoxy groups -OCH3 is 1. The van der Waals surface area contributed by atoms with Gasteiger partial charge >= 0.3 is 0 Å². The van der Waals surface area contributed by atoms with Crippen molar-refractivity contribution in [2.45, 2.75) is 24.0 Å². The monoisotopic (exact) mass is 347 g/mol. The number of nitrogens with zero attached hydrogens (tertiary/aromatic N) is 1. The zero-order chi connectivity index (χ0) is 16.4. The van der Waals surface area contributed by atoms with Crippen molar-refractivity contribution in [1.29, 1.82) is 0 Å². The van der Waals surface area contributed by atoms with E-state index in [1.807, 2.05) is 23.5 Å². The summed E-state index contributed by atoms with van der Waals surface area (Å²) in [6.07, 6.45) is 14.4. The van der Waals surface area contributed by atoms with E-state index in [2.05, 4.69) is 36.6 Å². The molecule has 0 bridgehead atoms. The lowest BCUT2D eigenvalue weighted by Gasteiger charge is -2.28. The third-order valence-electron chi connectivity index (χ3n) is 4.55. The van der Waals surface area contributed by atoms with E-state index in [-0.39, 0.29) is 0 Å². The summed E-state index contributed by atoms with van der Waals surface area (Å²) in [6, 6.07) is 0. The molecule has 0 saturated heterocycles. The molecule has 122 valence electrons. The maximum Gasteiger partial charge on any atom is 0.118 e. The van der Waals surface area contributed by atoms with Crippen molar-refractivity contribution < 1.29 is 9.94 Å². The molecule has 1 aromatic rings. The van der Waals surface area contributed by atoms with Crippen LogP contribution in [0.4, 0.5) is 0 Å². The molecule has 0 radical (unpaired) electrons. The first kappa shape index (κ1) is 16.4. The standard InChI is InChI=1S/C18H21NO2S2/c1-11-15-9-13(12-5-4-6-14(21-2)8-7-12)10-16(19-20)17(15)18(22-3)23-11/h4-8,12-13,20H,9-10H2,1-3H3/b19-16+. The highest BCUT2D eigenvalue weighted by atomic mass is 32.2. The third-order valence-corrected chi connectivity index (χ3v) is 6.82. The fourth-order valence-electron chi connectivity index (χ4n) is 3.33. The SMILES string of the molecule is COC1=CC=CC(C2C/C(=N\O)c3c(SC)sc(C)c3C2)C=C1. The molecular formula is C18H21NO2S2. The molecule has 1 N–H and O–H groups in total. The van der Waals surface area contributed by atoms with Gasteiger partial charge in [-0.1, -0.05) is 23.4 Å². The van der Waals surface area contributed by atoms with E-state index in [1.54, 1.807) is 18.9 Å². The number of allylic oxidation sites excluding steroid dienone is 5. The molecule has 0 fully saturated rings. The molecule has 3 nitrogen and oxygen atoms in total. The fraction of sp³-hybridized carbons (Fsp3) is 0.389. The number of fused-ring (bicyclic) bond motifs is 1. The Bertz CT molecular complexity index is 713. The van der Waals surface area contributed by atoms with Gasteiger partial charge in [-0.25, -0.2) is 0 Å². The number of thiophene rings is 1. The van der Waals surface area contributed by atoms with E-state index in [4.69, 9.17) is 4.74 Å². The first-order valence-electron chi connectivity index (χ1n) is 7.66. The number of hydrogen-bond donors (Lipinski definition) is 1. The average Bonchev–Trinajstić information content (AvgIpc) is 2.77. The van der Waals surface area contributed by atoms with Crippen LogP contribution >= 0.6 is 23.1 Å². The van der Waals surface area contributed by atoms with Crippen LogP contribution in [0.2, 0.25) is 0 Å². The van der Waals surface area contributed by atoms with E-state index in [0.717, 1.165) is 24.3 Å². The van der Waals surface area contributed by atoms with Crippen molar-refractivity contribution in [3.8, 4) is 0 Å². The Morgan fingerprint density at radius 1 is 1.35 bits per heavy atom. The summed E-state index contributed by atoms with van der Waals surface area (Å²) < 4.78 is 6.56. The van der Waals surface area contributed by atoms with Gasteiger partial charge in [0.15, 0.2) is 0 Å². The van der Waals surface area contributed by atoms with Crippen molar-refractivity contribution in [2.24, 2.45) is 17.0 Å². The van der Waals surface area contributed by atoms with Gasteiger partial charge in [0.1, 0.15) is 5.76 Å². The van der Waals surface area contributed by atoms with Gasteiger partial charge in [0.05, 0.1) is 17.0 Å². The largest absolute Gasteiger partial charge is 0.497 e. The van der Waals surface area contributed by atoms with Gasteiger partial charge in [0.25, 0.3) is 0 Å². The van der Waals surface area contributed by atoms with Crippen molar-refractivity contribution in [3.05, 3.63) is 52.1 Å². The van der Waals surface area contributed by atoms with Gasteiger partial charge < -0.3 is 9.94 Å². The van der Waals surface area contributed by atoms with E-state index in [1.165, 1.54) is 20.2 Å². The number of aryl methyl sites for hydroxylation is 1. The Balaban J connectivity index is 1.92. The first-order chi connectivity index (χ1) is 11.2. The fourth-order valence-corrected chi connectivity index (χ4v) is 5.42. The molecule has 2 aliphatic carbocycles. The third kappa shape index (κ3) is 3.12. The van der Waals surface area contributed by atoms with Crippen molar-refractivity contribution in [2.75, 3.05) is 13.4 Å². The molecule has 0 amide bonds. The highest BCUT2D eigenvalue weighted by Crippen LogP contribution is 2.42. The molecule has 3 rings (SSSR count). The first-order valence-corrected chi connectivity index (χ1v) is 9.70. The molecule has 2 aliphatic rings. The predicted molar refractivity (Wildman–Crippen MR) is 97.8 cm³/mol. The van der Waals surface area contributed by atoms with Crippen molar-refractivity contribution in [3.63, 3.8) is 0 Å². The molecular weight excluding hydrogens is 326 g/mol. The second-order valence-corrected chi connectivity index (χ2v) is 8.11. The Morgan fingerprint density at radius 3 is 2.87 bits per heavy atom. The zero-order valence-corrected chi connectivity index (χ0v) is 15.2. The molecule has 2 atom stereocenters. The van der Waals surface area contributed by atoms with E-state index in [0.29, 0.717) is 11.8 Å². The summed E-state index contributed by atoms with van der Waals surface area (Å²) in [5.74, 6) is 1.60. The Morgan fingerprint density at radius 2 is 2.17 bits per heavy atom. The van der Waals surface area contributed by atoms with Crippen LogP contribution in [0.1, 0.15) is 22.4 Å². The van der Waals surface area contributed by atoms with Crippen LogP contribution < -0.4 is 0 Å². The number of hydrogen-bond acceptors (Lipinski definition) is 5. The minimum Gasteiger partial charge on any atom is -0.497 e. The maximum atomic E-state index is 9.54. The highest BCUT2D eigenvalue weighted by Gasteiger charge is 2.32. The number of ether oxygens (including phenoxy) is 1. The lowest BCUT2D eigenvalue weighted by Crippen LogP contribution is -2.25. The second-order valence-electron chi connectivity index (χ2n) is 5.81. The highest BCUT2D eigenvalue weighted by molar-refractivity contribution is 8.00. The van der Waals surface area contributed by atoms with Gasteiger partial charge in [-0.2, -0.15) is 0 Å². The maximum absolute atomic E-state index is 9.54. The van der Waals surface area contributed by atoms with Crippen LogP contribution in [0.25, 0.3) is 0 Å². The molecule has 0 aliphatic heterocycles. The zero-order valence-electron chi connectivity index (χ0n) is 13.6. The summed E-state index contributed by atoms with van der Waals surface area (Å²) in [6.45, 7) is 2.17. The molecule has 0 spiro atoms. The van der Waals surface area contributed by atoms with Crippen LogP contribution in [-0.2, 0) is 11.2 Å². The molecule has 1 heterocycles. The van der Waals surface area contributed by atoms with Gasteiger partial charge in [0, 0.05) is 10.4 Å². The van der Waals surface area contributed by atoms with E-state index in [9.17, 15) is 5.21 Å². The lowest BCUT2D eigenvalue weighted by atomic mass is 9.76. The van der Waals surface area contributed by atoms with Gasteiger partial charge in [-0.3, -0.25) is 0 Å². The van der Waals surface area contributed by atoms with Gasteiger partial charge in [0.2, 0.25) is 0 Å². The summed E-state index contributed by atoms with van der Waals surface area (Å²) in [5, 5.41) is 13.2. The van der Waals surface area contributed by atoms with Crippen molar-refractivity contribution in [1.82, 2.24) is 0 Å². The topological polar surface area (TPSA) is 41.8 Å². The van der Waals surface area contributed by atoms with Crippen LogP contribution in [0.3, 0.4) is 0 Å². The molecule has 1 aromatic heterocycles. The summed E-state index contributed by atoms with van der Waals surface area (Å²) in [5.41, 5.74) is 3.36. The Hall–Kier alpha value is -1.46. The molecule has 2 unspecified atom stereocenters. The predicted octanol–water partition coefficient (Wildman–Crippen LogP) is 4.79. The van der Waals surface area contributed by atoms with Crippen LogP contribution in [-0.4, -0.2) is 24.3 Å². The average molecular weight is 348 g/mol. The van der Waals surface area contributed by atoms with Crippen LogP contribution in [0.15, 0.2) is 45.5 Å². The summed E-state index contributed by atoms with van der Waals surface area (Å²) in [4.78, 5) is 1.34. The van der Waals surface area contributed by atoms with Crippen LogP contribution in [0, 0.1) is 18.8 Å². The van der Waals surface area contributed by atoms with Gasteiger partial charge in [-0.15, -0.1) is 23.1 Å². The molecule has 0 saturated carbocycles. The Labute approximate surface area is 145 Å². The molecule has 0 aromatic carbocycles. The van der Waals surface area contributed by atoms with E-state index < -0.39 is 0 Å². The van der Waals surface area contributed by atoms with Crippen molar-refractivity contribution >= 4 is 28.8 Å².